The smallest absolute Gasteiger partial charge is 0.306 e. The van der Waals surface area contributed by atoms with E-state index in [1.54, 1.807) is 0 Å². The Morgan fingerprint density at radius 2 is 0.583 bits per heavy atom. The zero-order chi connectivity index (χ0) is 44.0. The first-order chi connectivity index (χ1) is 29.3. The minimum atomic E-state index is -0.763. The van der Waals surface area contributed by atoms with Crippen molar-refractivity contribution in [3.63, 3.8) is 0 Å². The van der Waals surface area contributed by atoms with Gasteiger partial charge in [0, 0.05) is 19.3 Å². The van der Waals surface area contributed by atoms with Crippen molar-refractivity contribution in [2.75, 3.05) is 13.2 Å². The lowest BCUT2D eigenvalue weighted by Gasteiger charge is -2.18. The largest absolute Gasteiger partial charge is 0.462 e. The van der Waals surface area contributed by atoms with Crippen LogP contribution in [-0.4, -0.2) is 37.2 Å². The summed E-state index contributed by atoms with van der Waals surface area (Å²) in [4.78, 5) is 38.0. The van der Waals surface area contributed by atoms with Crippen LogP contribution in [0.25, 0.3) is 0 Å². The molecule has 60 heavy (non-hydrogen) atoms. The van der Waals surface area contributed by atoms with E-state index >= 15 is 0 Å². The Balaban J connectivity index is 4.28. The van der Waals surface area contributed by atoms with Crippen molar-refractivity contribution in [1.29, 1.82) is 0 Å². The first kappa shape index (κ1) is 58.4. The van der Waals surface area contributed by atoms with Gasteiger partial charge in [-0.3, -0.25) is 14.4 Å². The van der Waals surface area contributed by atoms with E-state index in [4.69, 9.17) is 14.2 Å². The summed E-state index contributed by atoms with van der Waals surface area (Å²) < 4.78 is 16.8. The molecule has 0 fully saturated rings. The summed E-state index contributed by atoms with van der Waals surface area (Å²) in [6.45, 7) is 11.4. The summed E-state index contributed by atoms with van der Waals surface area (Å²) in [5, 5.41) is 0. The number of hydrogen-bond acceptors (Lipinski definition) is 6. The Bertz CT molecular complexity index is 920. The number of esters is 3. The Kier molecular flexibility index (Phi) is 45.7. The second kappa shape index (κ2) is 46.9. The standard InChI is InChI=1S/C54H104O6/c1-6-9-10-11-12-13-14-15-16-17-18-19-20-21-22-29-34-39-44-52(55)58-47-51(60-54(57)46-41-36-31-26-24-28-33-38-43-50(5)8-3)48-59-53(56)45-40-35-30-25-23-27-32-37-42-49(4)7-2/h49-51H,6-48H2,1-5H3/t49?,50?,51-/m1/s1. The van der Waals surface area contributed by atoms with Crippen molar-refractivity contribution in [2.24, 2.45) is 11.8 Å². The molecule has 0 spiro atoms. The summed E-state index contributed by atoms with van der Waals surface area (Å²) in [5.74, 6) is 0.843. The molecule has 0 saturated heterocycles. The fourth-order valence-electron chi connectivity index (χ4n) is 8.10. The molecule has 3 atom stereocenters. The molecule has 356 valence electrons. The van der Waals surface area contributed by atoms with E-state index in [0.29, 0.717) is 19.3 Å². The zero-order valence-corrected chi connectivity index (χ0v) is 41.1. The number of unbranched alkanes of at least 4 members (excludes halogenated alkanes) is 31. The molecular formula is C54H104O6. The van der Waals surface area contributed by atoms with Crippen LogP contribution in [0.2, 0.25) is 0 Å². The van der Waals surface area contributed by atoms with Gasteiger partial charge in [-0.05, 0) is 31.1 Å². The van der Waals surface area contributed by atoms with Gasteiger partial charge in [0.05, 0.1) is 0 Å². The number of hydrogen-bond donors (Lipinski definition) is 0. The lowest BCUT2D eigenvalue weighted by molar-refractivity contribution is -0.167. The van der Waals surface area contributed by atoms with Crippen LogP contribution in [0.4, 0.5) is 0 Å². The molecular weight excluding hydrogens is 745 g/mol. The van der Waals surface area contributed by atoms with Crippen LogP contribution in [-0.2, 0) is 28.6 Å². The molecule has 0 heterocycles. The van der Waals surface area contributed by atoms with Gasteiger partial charge in [0.15, 0.2) is 6.10 Å². The molecule has 0 radical (unpaired) electrons. The molecule has 0 N–H and O–H groups in total. The summed E-state index contributed by atoms with van der Waals surface area (Å²) in [6.07, 6.45) is 48.0. The number of carbonyl (C=O) groups is 3. The Labute approximate surface area is 374 Å². The number of ether oxygens (including phenoxy) is 3. The van der Waals surface area contributed by atoms with Crippen LogP contribution in [0.1, 0.15) is 298 Å². The average molecular weight is 849 g/mol. The van der Waals surface area contributed by atoms with Gasteiger partial charge in [-0.25, -0.2) is 0 Å². The van der Waals surface area contributed by atoms with Gasteiger partial charge in [0.2, 0.25) is 0 Å². The molecule has 0 rings (SSSR count). The van der Waals surface area contributed by atoms with Crippen LogP contribution < -0.4 is 0 Å². The SMILES string of the molecule is CCCCCCCCCCCCCCCCCCCCC(=O)OC[C@H](COC(=O)CCCCCCCCCCC(C)CC)OC(=O)CCCCCCCCCCC(C)CC. The van der Waals surface area contributed by atoms with Gasteiger partial charge in [-0.15, -0.1) is 0 Å². The highest BCUT2D eigenvalue weighted by atomic mass is 16.6. The molecule has 0 aliphatic rings. The number of carbonyl (C=O) groups excluding carboxylic acids is 3. The third-order valence-electron chi connectivity index (χ3n) is 12.9. The molecule has 0 aromatic carbocycles. The van der Waals surface area contributed by atoms with Crippen LogP contribution in [0.15, 0.2) is 0 Å². The van der Waals surface area contributed by atoms with E-state index in [1.165, 1.54) is 186 Å². The predicted molar refractivity (Wildman–Crippen MR) is 256 cm³/mol. The lowest BCUT2D eigenvalue weighted by Crippen LogP contribution is -2.30. The first-order valence-corrected chi connectivity index (χ1v) is 26.8. The highest BCUT2D eigenvalue weighted by Gasteiger charge is 2.19. The van der Waals surface area contributed by atoms with Gasteiger partial charge in [0.25, 0.3) is 0 Å². The lowest BCUT2D eigenvalue weighted by atomic mass is 9.99. The second-order valence-corrected chi connectivity index (χ2v) is 19.0. The minimum Gasteiger partial charge on any atom is -0.462 e. The Hall–Kier alpha value is -1.59. The second-order valence-electron chi connectivity index (χ2n) is 19.0. The molecule has 0 saturated carbocycles. The highest BCUT2D eigenvalue weighted by molar-refractivity contribution is 5.71. The van der Waals surface area contributed by atoms with Crippen molar-refractivity contribution >= 4 is 17.9 Å². The average Bonchev–Trinajstić information content (AvgIpc) is 3.25. The van der Waals surface area contributed by atoms with Crippen molar-refractivity contribution in [3.8, 4) is 0 Å². The van der Waals surface area contributed by atoms with E-state index < -0.39 is 6.10 Å². The van der Waals surface area contributed by atoms with Gasteiger partial charge in [0.1, 0.15) is 13.2 Å². The predicted octanol–water partition coefficient (Wildman–Crippen LogP) is 17.3. The minimum absolute atomic E-state index is 0.0642. The van der Waals surface area contributed by atoms with Gasteiger partial charge < -0.3 is 14.2 Å². The van der Waals surface area contributed by atoms with Crippen molar-refractivity contribution in [1.82, 2.24) is 0 Å². The third-order valence-corrected chi connectivity index (χ3v) is 12.9. The highest BCUT2D eigenvalue weighted by Crippen LogP contribution is 2.18. The van der Waals surface area contributed by atoms with Crippen LogP contribution in [0, 0.1) is 11.8 Å². The quantitative estimate of drug-likeness (QED) is 0.0345. The maximum atomic E-state index is 12.8. The topological polar surface area (TPSA) is 78.9 Å². The molecule has 0 aromatic rings. The monoisotopic (exact) mass is 849 g/mol. The molecule has 2 unspecified atom stereocenters. The molecule has 0 aliphatic heterocycles. The molecule has 6 heteroatoms. The zero-order valence-electron chi connectivity index (χ0n) is 41.1. The fourth-order valence-corrected chi connectivity index (χ4v) is 8.10. The maximum Gasteiger partial charge on any atom is 0.306 e. The first-order valence-electron chi connectivity index (χ1n) is 26.8. The van der Waals surface area contributed by atoms with Crippen LogP contribution in [0.5, 0.6) is 0 Å². The molecule has 0 bridgehead atoms. The summed E-state index contributed by atoms with van der Waals surface area (Å²) in [5.41, 5.74) is 0. The Morgan fingerprint density at radius 1 is 0.333 bits per heavy atom. The van der Waals surface area contributed by atoms with Crippen molar-refractivity contribution in [3.05, 3.63) is 0 Å². The van der Waals surface area contributed by atoms with Crippen LogP contribution >= 0.6 is 0 Å². The van der Waals surface area contributed by atoms with Gasteiger partial charge in [-0.1, -0.05) is 259 Å². The Morgan fingerprint density at radius 3 is 0.867 bits per heavy atom. The fraction of sp³-hybridized carbons (Fsp3) is 0.944. The number of rotatable bonds is 48. The third kappa shape index (κ3) is 44.5. The van der Waals surface area contributed by atoms with E-state index in [-0.39, 0.29) is 31.1 Å². The van der Waals surface area contributed by atoms with Crippen LogP contribution in [0.3, 0.4) is 0 Å². The van der Waals surface area contributed by atoms with E-state index in [2.05, 4.69) is 34.6 Å². The van der Waals surface area contributed by atoms with Gasteiger partial charge >= 0.3 is 17.9 Å². The van der Waals surface area contributed by atoms with Crippen molar-refractivity contribution in [2.45, 2.75) is 304 Å². The summed E-state index contributed by atoms with van der Waals surface area (Å²) >= 11 is 0. The summed E-state index contributed by atoms with van der Waals surface area (Å²) in [7, 11) is 0. The normalized spacial score (nSPS) is 12.9. The molecule has 0 aromatic heterocycles. The van der Waals surface area contributed by atoms with Gasteiger partial charge in [-0.2, -0.15) is 0 Å². The maximum absolute atomic E-state index is 12.8. The van der Waals surface area contributed by atoms with Crippen molar-refractivity contribution < 1.29 is 28.6 Å². The molecule has 6 nitrogen and oxygen atoms in total. The molecule has 0 aliphatic carbocycles. The van der Waals surface area contributed by atoms with E-state index in [0.717, 1.165) is 69.6 Å². The van der Waals surface area contributed by atoms with E-state index in [1.807, 2.05) is 0 Å². The summed E-state index contributed by atoms with van der Waals surface area (Å²) in [6, 6.07) is 0. The van der Waals surface area contributed by atoms with E-state index in [9.17, 15) is 14.4 Å². The molecule has 0 amide bonds.